The predicted molar refractivity (Wildman–Crippen MR) is 80.9 cm³/mol. The molecule has 0 aliphatic carbocycles. The first-order chi connectivity index (χ1) is 9.65. The van der Waals surface area contributed by atoms with Crippen molar-refractivity contribution in [3.8, 4) is 0 Å². The second kappa shape index (κ2) is 5.27. The summed E-state index contributed by atoms with van der Waals surface area (Å²) in [5, 5.41) is 3.54. The molecule has 3 rings (SSSR count). The van der Waals surface area contributed by atoms with E-state index in [1.54, 1.807) is 0 Å². The summed E-state index contributed by atoms with van der Waals surface area (Å²) in [5.74, 6) is 0.0700. The highest BCUT2D eigenvalue weighted by Gasteiger charge is 2.18. The topological polar surface area (TPSA) is 55.1 Å². The molecule has 1 amide bonds. The highest BCUT2D eigenvalue weighted by Crippen LogP contribution is 2.30. The van der Waals surface area contributed by atoms with Gasteiger partial charge in [0.15, 0.2) is 0 Å². The number of nitrogens with one attached hydrogen (secondary N) is 1. The first kappa shape index (κ1) is 13.2. The number of amides is 1. The highest BCUT2D eigenvalue weighted by atomic mass is 35.5. The van der Waals surface area contributed by atoms with Crippen LogP contribution in [0.4, 0.5) is 5.69 Å². The number of rotatable bonds is 2. The molecule has 1 aliphatic rings. The molecular weight excluding hydrogens is 272 g/mol. The predicted octanol–water partition coefficient (Wildman–Crippen LogP) is 3.27. The quantitative estimate of drug-likeness (QED) is 0.890. The third kappa shape index (κ3) is 2.42. The fourth-order valence-electron chi connectivity index (χ4n) is 2.50. The normalized spacial score (nSPS) is 15.4. The van der Waals surface area contributed by atoms with Crippen molar-refractivity contribution in [2.24, 2.45) is 5.73 Å². The maximum absolute atomic E-state index is 11.4. The van der Waals surface area contributed by atoms with E-state index in [1.807, 2.05) is 36.4 Å². The minimum Gasteiger partial charge on any atom is -0.326 e. The lowest BCUT2D eigenvalue weighted by Gasteiger charge is -2.20. The molecule has 4 heteroatoms. The van der Waals surface area contributed by atoms with E-state index in [0.29, 0.717) is 11.4 Å². The van der Waals surface area contributed by atoms with Crippen LogP contribution in [0.5, 0.6) is 0 Å². The smallest absolute Gasteiger partial charge is 0.224 e. The van der Waals surface area contributed by atoms with Gasteiger partial charge >= 0.3 is 0 Å². The number of benzene rings is 2. The van der Waals surface area contributed by atoms with Gasteiger partial charge in [-0.25, -0.2) is 0 Å². The third-order valence-electron chi connectivity index (χ3n) is 3.62. The van der Waals surface area contributed by atoms with Crippen molar-refractivity contribution in [3.05, 3.63) is 64.2 Å². The van der Waals surface area contributed by atoms with Crippen LogP contribution in [-0.2, 0) is 11.2 Å². The second-order valence-corrected chi connectivity index (χ2v) is 5.37. The number of nitrogens with two attached hydrogens (primary N) is 1. The standard InChI is InChI=1S/C16H15ClN2O/c17-13-4-2-1-3-12(13)16(18)11-5-7-14-10(9-11)6-8-15(20)19-14/h1-5,7,9,16H,6,8,18H2,(H,19,20). The number of hydrogen-bond acceptors (Lipinski definition) is 2. The highest BCUT2D eigenvalue weighted by molar-refractivity contribution is 6.31. The van der Waals surface area contributed by atoms with Gasteiger partial charge in [-0.1, -0.05) is 41.9 Å². The van der Waals surface area contributed by atoms with E-state index in [2.05, 4.69) is 11.4 Å². The summed E-state index contributed by atoms with van der Waals surface area (Å²) in [6, 6.07) is 13.3. The number of fused-ring (bicyclic) bond motifs is 1. The fourth-order valence-corrected chi connectivity index (χ4v) is 2.76. The molecule has 0 saturated heterocycles. The van der Waals surface area contributed by atoms with Gasteiger partial charge in [0.25, 0.3) is 0 Å². The van der Waals surface area contributed by atoms with Crippen LogP contribution in [0.15, 0.2) is 42.5 Å². The van der Waals surface area contributed by atoms with Crippen LogP contribution in [0.3, 0.4) is 0 Å². The van der Waals surface area contributed by atoms with Crippen LogP contribution < -0.4 is 11.1 Å². The van der Waals surface area contributed by atoms with Gasteiger partial charge in [0, 0.05) is 17.1 Å². The van der Waals surface area contributed by atoms with E-state index >= 15 is 0 Å². The Morgan fingerprint density at radius 2 is 1.95 bits per heavy atom. The zero-order valence-electron chi connectivity index (χ0n) is 10.9. The van der Waals surface area contributed by atoms with Crippen molar-refractivity contribution >= 4 is 23.2 Å². The van der Waals surface area contributed by atoms with Gasteiger partial charge in [-0.15, -0.1) is 0 Å². The number of hydrogen-bond donors (Lipinski definition) is 2. The first-order valence-corrected chi connectivity index (χ1v) is 6.95. The fraction of sp³-hybridized carbons (Fsp3) is 0.188. The SMILES string of the molecule is NC(c1ccc2c(c1)CCC(=O)N2)c1ccccc1Cl. The van der Waals surface area contributed by atoms with Gasteiger partial charge < -0.3 is 11.1 Å². The monoisotopic (exact) mass is 286 g/mol. The molecule has 20 heavy (non-hydrogen) atoms. The molecule has 1 aliphatic heterocycles. The lowest BCUT2D eigenvalue weighted by molar-refractivity contribution is -0.116. The third-order valence-corrected chi connectivity index (χ3v) is 3.97. The van der Waals surface area contributed by atoms with Crippen LogP contribution in [0.2, 0.25) is 5.02 Å². The molecule has 1 unspecified atom stereocenters. The molecule has 0 radical (unpaired) electrons. The molecule has 2 aromatic carbocycles. The number of aryl methyl sites for hydroxylation is 1. The summed E-state index contributed by atoms with van der Waals surface area (Å²) in [5.41, 5.74) is 10.2. The van der Waals surface area contributed by atoms with Crippen molar-refractivity contribution in [3.63, 3.8) is 0 Å². The summed E-state index contributed by atoms with van der Waals surface area (Å²) < 4.78 is 0. The van der Waals surface area contributed by atoms with Crippen molar-refractivity contribution in [2.45, 2.75) is 18.9 Å². The van der Waals surface area contributed by atoms with Crippen LogP contribution >= 0.6 is 11.6 Å². The van der Waals surface area contributed by atoms with E-state index in [4.69, 9.17) is 17.3 Å². The number of carbonyl (C=O) groups is 1. The average Bonchev–Trinajstić information content (AvgIpc) is 2.46. The van der Waals surface area contributed by atoms with E-state index in [9.17, 15) is 4.79 Å². The van der Waals surface area contributed by atoms with Crippen LogP contribution in [0.1, 0.15) is 29.2 Å². The minimum absolute atomic E-state index is 0.0700. The van der Waals surface area contributed by atoms with E-state index in [0.717, 1.165) is 28.8 Å². The van der Waals surface area contributed by atoms with Gasteiger partial charge in [0.05, 0.1) is 6.04 Å². The lowest BCUT2D eigenvalue weighted by atomic mass is 9.94. The van der Waals surface area contributed by atoms with Crippen molar-refractivity contribution in [2.75, 3.05) is 5.32 Å². The maximum Gasteiger partial charge on any atom is 0.224 e. The molecule has 0 fully saturated rings. The molecule has 3 N–H and O–H groups in total. The molecule has 0 spiro atoms. The summed E-state index contributed by atoms with van der Waals surface area (Å²) >= 11 is 6.19. The Hall–Kier alpha value is -1.84. The van der Waals surface area contributed by atoms with Crippen molar-refractivity contribution < 1.29 is 4.79 Å². The van der Waals surface area contributed by atoms with Gasteiger partial charge in [-0.05, 0) is 35.2 Å². The van der Waals surface area contributed by atoms with Gasteiger partial charge in [-0.3, -0.25) is 4.79 Å². The lowest BCUT2D eigenvalue weighted by Crippen LogP contribution is -2.20. The molecule has 0 saturated carbocycles. The summed E-state index contributed by atoms with van der Waals surface area (Å²) in [6.07, 6.45) is 1.28. The second-order valence-electron chi connectivity index (χ2n) is 4.96. The number of halogens is 1. The molecule has 3 nitrogen and oxygen atoms in total. The van der Waals surface area contributed by atoms with Crippen LogP contribution in [-0.4, -0.2) is 5.91 Å². The van der Waals surface area contributed by atoms with Crippen LogP contribution in [0.25, 0.3) is 0 Å². The Balaban J connectivity index is 1.95. The zero-order chi connectivity index (χ0) is 14.1. The molecule has 1 atom stereocenters. The largest absolute Gasteiger partial charge is 0.326 e. The summed E-state index contributed by atoms with van der Waals surface area (Å²) in [6.45, 7) is 0. The molecular formula is C16H15ClN2O. The van der Waals surface area contributed by atoms with E-state index in [1.165, 1.54) is 0 Å². The first-order valence-electron chi connectivity index (χ1n) is 6.58. The van der Waals surface area contributed by atoms with Gasteiger partial charge in [0.2, 0.25) is 5.91 Å². The Labute approximate surface area is 122 Å². The molecule has 1 heterocycles. The van der Waals surface area contributed by atoms with Crippen molar-refractivity contribution in [1.29, 1.82) is 0 Å². The summed E-state index contributed by atoms with van der Waals surface area (Å²) in [4.78, 5) is 11.4. The molecule has 0 aromatic heterocycles. The van der Waals surface area contributed by atoms with E-state index in [-0.39, 0.29) is 11.9 Å². The number of anilines is 1. The molecule has 0 bridgehead atoms. The molecule has 102 valence electrons. The number of carbonyl (C=O) groups excluding carboxylic acids is 1. The Bertz CT molecular complexity index is 669. The molecule has 2 aromatic rings. The average molecular weight is 287 g/mol. The van der Waals surface area contributed by atoms with E-state index < -0.39 is 0 Å². The minimum atomic E-state index is -0.258. The Morgan fingerprint density at radius 1 is 1.15 bits per heavy atom. The Kier molecular flexibility index (Phi) is 3.47. The van der Waals surface area contributed by atoms with Crippen LogP contribution in [0, 0.1) is 0 Å². The maximum atomic E-state index is 11.4. The van der Waals surface area contributed by atoms with Crippen molar-refractivity contribution in [1.82, 2.24) is 0 Å². The Morgan fingerprint density at radius 3 is 2.75 bits per heavy atom. The summed E-state index contributed by atoms with van der Waals surface area (Å²) in [7, 11) is 0. The van der Waals surface area contributed by atoms with Gasteiger partial charge in [0.1, 0.15) is 0 Å². The zero-order valence-corrected chi connectivity index (χ0v) is 11.7. The van der Waals surface area contributed by atoms with Gasteiger partial charge in [-0.2, -0.15) is 0 Å².